The van der Waals surface area contributed by atoms with Crippen LogP contribution >= 0.6 is 43.6 Å². The van der Waals surface area contributed by atoms with E-state index in [1.165, 1.54) is 10.5 Å². The molecule has 0 aromatic heterocycles. The summed E-state index contributed by atoms with van der Waals surface area (Å²) >= 11 is 8.05. The van der Waals surface area contributed by atoms with Crippen LogP contribution < -0.4 is 4.74 Å². The molecule has 0 atom stereocenters. The van der Waals surface area contributed by atoms with Crippen LogP contribution in [0.3, 0.4) is 0 Å². The summed E-state index contributed by atoms with van der Waals surface area (Å²) < 4.78 is 7.49. The van der Waals surface area contributed by atoms with E-state index in [-0.39, 0.29) is 17.2 Å². The van der Waals surface area contributed by atoms with E-state index in [1.54, 1.807) is 6.08 Å². The molecule has 1 heterocycles. The van der Waals surface area contributed by atoms with Crippen molar-refractivity contribution in [1.29, 1.82) is 0 Å². The summed E-state index contributed by atoms with van der Waals surface area (Å²) in [5, 5.41) is -0.234. The third-order valence-electron chi connectivity index (χ3n) is 4.16. The Morgan fingerprint density at radius 2 is 1.71 bits per heavy atom. The second-order valence-corrected chi connectivity index (χ2v) is 9.44. The summed E-state index contributed by atoms with van der Waals surface area (Å²) in [7, 11) is 0. The number of hydrogen-bond donors (Lipinski definition) is 0. The first-order valence-electron chi connectivity index (χ1n) is 8.70. The summed E-state index contributed by atoms with van der Waals surface area (Å²) in [4.78, 5) is 26.2. The Labute approximate surface area is 185 Å². The molecule has 1 aliphatic rings. The van der Waals surface area contributed by atoms with E-state index in [0.29, 0.717) is 17.3 Å². The van der Waals surface area contributed by atoms with Crippen LogP contribution in [-0.4, -0.2) is 22.1 Å². The van der Waals surface area contributed by atoms with E-state index in [9.17, 15) is 9.59 Å². The SMILES string of the molecule is Cc1ccc(COc2c(Br)cc(/C=C3\SC(=O)N(C(C)C)C3=O)cc2Br)cc1. The highest BCUT2D eigenvalue weighted by molar-refractivity contribution is 9.11. The van der Waals surface area contributed by atoms with Gasteiger partial charge in [0.15, 0.2) is 0 Å². The van der Waals surface area contributed by atoms with Crippen molar-refractivity contribution in [1.82, 2.24) is 4.90 Å². The predicted octanol–water partition coefficient (Wildman–Crippen LogP) is 6.54. The molecule has 0 radical (unpaired) electrons. The van der Waals surface area contributed by atoms with Crippen molar-refractivity contribution < 1.29 is 14.3 Å². The van der Waals surface area contributed by atoms with Gasteiger partial charge in [-0.25, -0.2) is 0 Å². The molecule has 1 aliphatic heterocycles. The van der Waals surface area contributed by atoms with Gasteiger partial charge in [-0.1, -0.05) is 29.8 Å². The van der Waals surface area contributed by atoms with Gasteiger partial charge in [-0.3, -0.25) is 14.5 Å². The number of benzene rings is 2. The maximum Gasteiger partial charge on any atom is 0.293 e. The Hall–Kier alpha value is -1.57. The number of hydrogen-bond acceptors (Lipinski definition) is 4. The molecule has 0 aliphatic carbocycles. The number of aryl methyl sites for hydroxylation is 1. The lowest BCUT2D eigenvalue weighted by atomic mass is 10.1. The first kappa shape index (κ1) is 21.1. The molecule has 2 aromatic rings. The molecular weight excluding hydrogens is 506 g/mol. The molecule has 0 saturated carbocycles. The van der Waals surface area contributed by atoms with E-state index < -0.39 is 0 Å². The molecular formula is C21H19Br2NO3S. The molecule has 28 heavy (non-hydrogen) atoms. The van der Waals surface area contributed by atoms with Crippen molar-refractivity contribution in [3.05, 3.63) is 66.9 Å². The number of imide groups is 1. The Balaban J connectivity index is 1.79. The number of halogens is 2. The van der Waals surface area contributed by atoms with E-state index in [4.69, 9.17) is 4.74 Å². The van der Waals surface area contributed by atoms with Gasteiger partial charge in [-0.2, -0.15) is 0 Å². The van der Waals surface area contributed by atoms with Gasteiger partial charge >= 0.3 is 0 Å². The molecule has 0 unspecified atom stereocenters. The fraction of sp³-hybridized carbons (Fsp3) is 0.238. The second kappa shape index (κ2) is 8.84. The third-order valence-corrected chi connectivity index (χ3v) is 6.22. The second-order valence-electron chi connectivity index (χ2n) is 6.73. The van der Waals surface area contributed by atoms with Gasteiger partial charge in [0.2, 0.25) is 0 Å². The zero-order valence-electron chi connectivity index (χ0n) is 15.7. The van der Waals surface area contributed by atoms with Crippen molar-refractivity contribution in [3.63, 3.8) is 0 Å². The van der Waals surface area contributed by atoms with Crippen LogP contribution in [0.2, 0.25) is 0 Å². The molecule has 0 N–H and O–H groups in total. The summed E-state index contributed by atoms with van der Waals surface area (Å²) in [5.41, 5.74) is 3.09. The van der Waals surface area contributed by atoms with Gasteiger partial charge in [0, 0.05) is 6.04 Å². The van der Waals surface area contributed by atoms with Crippen LogP contribution in [0.4, 0.5) is 4.79 Å². The number of carbonyl (C=O) groups is 2. The van der Waals surface area contributed by atoms with Gasteiger partial charge in [-0.05, 0) is 93.7 Å². The monoisotopic (exact) mass is 523 g/mol. The van der Waals surface area contributed by atoms with Crippen molar-refractivity contribution in [3.8, 4) is 5.75 Å². The topological polar surface area (TPSA) is 46.6 Å². The minimum Gasteiger partial charge on any atom is -0.487 e. The average molecular weight is 525 g/mol. The molecule has 146 valence electrons. The fourth-order valence-corrected chi connectivity index (χ4v) is 5.13. The first-order valence-corrected chi connectivity index (χ1v) is 11.1. The summed E-state index contributed by atoms with van der Waals surface area (Å²) in [6.45, 7) is 6.15. The molecule has 2 aromatic carbocycles. The zero-order chi connectivity index (χ0) is 20.4. The maximum atomic E-state index is 12.4. The summed E-state index contributed by atoms with van der Waals surface area (Å²) in [5.74, 6) is 0.435. The van der Waals surface area contributed by atoms with Crippen LogP contribution in [0.1, 0.15) is 30.5 Å². The largest absolute Gasteiger partial charge is 0.487 e. The molecule has 7 heteroatoms. The van der Waals surface area contributed by atoms with Crippen molar-refractivity contribution in [2.45, 2.75) is 33.4 Å². The van der Waals surface area contributed by atoms with Crippen LogP contribution in [0.25, 0.3) is 6.08 Å². The highest BCUT2D eigenvalue weighted by atomic mass is 79.9. The normalized spacial score (nSPS) is 15.8. The van der Waals surface area contributed by atoms with Crippen LogP contribution in [0.15, 0.2) is 50.2 Å². The number of rotatable bonds is 5. The molecule has 1 fully saturated rings. The zero-order valence-corrected chi connectivity index (χ0v) is 19.7. The number of carbonyl (C=O) groups excluding carboxylic acids is 2. The highest BCUT2D eigenvalue weighted by Gasteiger charge is 2.36. The third kappa shape index (κ3) is 4.70. The highest BCUT2D eigenvalue weighted by Crippen LogP contribution is 2.38. The Morgan fingerprint density at radius 3 is 2.25 bits per heavy atom. The summed E-state index contributed by atoms with van der Waals surface area (Å²) in [6.07, 6.45) is 1.73. The average Bonchev–Trinajstić information content (AvgIpc) is 2.89. The lowest BCUT2D eigenvalue weighted by Crippen LogP contribution is -2.34. The molecule has 1 saturated heterocycles. The molecule has 3 rings (SSSR count). The predicted molar refractivity (Wildman–Crippen MR) is 120 cm³/mol. The Bertz CT molecular complexity index is 932. The Morgan fingerprint density at radius 1 is 1.11 bits per heavy atom. The van der Waals surface area contributed by atoms with Gasteiger partial charge in [0.25, 0.3) is 11.1 Å². The number of amides is 2. The van der Waals surface area contributed by atoms with Gasteiger partial charge in [-0.15, -0.1) is 0 Å². The van der Waals surface area contributed by atoms with Gasteiger partial charge in [0.05, 0.1) is 13.9 Å². The first-order chi connectivity index (χ1) is 13.3. The van der Waals surface area contributed by atoms with Gasteiger partial charge < -0.3 is 4.74 Å². The molecule has 4 nitrogen and oxygen atoms in total. The summed E-state index contributed by atoms with van der Waals surface area (Å²) in [6, 6.07) is 11.8. The van der Waals surface area contributed by atoms with Crippen LogP contribution in [-0.2, 0) is 11.4 Å². The molecule has 2 amide bonds. The smallest absolute Gasteiger partial charge is 0.293 e. The van der Waals surface area contributed by atoms with Crippen molar-refractivity contribution >= 4 is 60.8 Å². The lowest BCUT2D eigenvalue weighted by molar-refractivity contribution is -0.123. The number of ether oxygens (including phenoxy) is 1. The van der Waals surface area contributed by atoms with E-state index in [1.807, 2.05) is 45.0 Å². The van der Waals surface area contributed by atoms with Crippen molar-refractivity contribution in [2.75, 3.05) is 0 Å². The van der Waals surface area contributed by atoms with Crippen LogP contribution in [0.5, 0.6) is 5.75 Å². The lowest BCUT2D eigenvalue weighted by Gasteiger charge is -2.16. The van der Waals surface area contributed by atoms with Crippen molar-refractivity contribution in [2.24, 2.45) is 0 Å². The minimum atomic E-state index is -0.253. The molecule has 0 spiro atoms. The Kier molecular flexibility index (Phi) is 6.68. The van der Waals surface area contributed by atoms with E-state index in [0.717, 1.165) is 31.8 Å². The fourth-order valence-electron chi connectivity index (χ4n) is 2.72. The van der Waals surface area contributed by atoms with E-state index in [2.05, 4.69) is 44.0 Å². The quantitative estimate of drug-likeness (QED) is 0.416. The molecule has 0 bridgehead atoms. The van der Waals surface area contributed by atoms with Gasteiger partial charge in [0.1, 0.15) is 12.4 Å². The van der Waals surface area contributed by atoms with Crippen LogP contribution in [0, 0.1) is 6.92 Å². The standard InChI is InChI=1S/C21H19Br2NO3S/c1-12(2)24-20(25)18(28-21(24)26)10-15-8-16(22)19(17(23)9-15)27-11-14-6-4-13(3)5-7-14/h4-10,12H,11H2,1-3H3/b18-10-. The maximum absolute atomic E-state index is 12.4. The van der Waals surface area contributed by atoms with E-state index >= 15 is 0 Å². The number of thioether (sulfide) groups is 1. The number of nitrogens with zero attached hydrogens (tertiary/aromatic N) is 1. The minimum absolute atomic E-state index is 0.158.